The van der Waals surface area contributed by atoms with Crippen LogP contribution in [-0.2, 0) is 10.4 Å². The number of ether oxygens (including phenoxy) is 1. The number of aromatic carboxylic acids is 1. The Hall–Kier alpha value is -2.87. The minimum atomic E-state index is -0.956. The van der Waals surface area contributed by atoms with E-state index in [4.69, 9.17) is 9.15 Å². The summed E-state index contributed by atoms with van der Waals surface area (Å²) in [6, 6.07) is 6.55. The lowest BCUT2D eigenvalue weighted by molar-refractivity contribution is -0.157. The van der Waals surface area contributed by atoms with E-state index in [2.05, 4.69) is 27.0 Å². The highest BCUT2D eigenvalue weighted by molar-refractivity contribution is 5.88. The van der Waals surface area contributed by atoms with Crippen LogP contribution in [0.2, 0.25) is 0 Å². The highest BCUT2D eigenvalue weighted by Crippen LogP contribution is 2.57. The van der Waals surface area contributed by atoms with Gasteiger partial charge in [-0.1, -0.05) is 19.3 Å². The van der Waals surface area contributed by atoms with Crippen molar-refractivity contribution in [2.24, 2.45) is 23.7 Å². The number of rotatable bonds is 7. The standard InChI is InChI=1S/C29H36N4O4/c34-26(35)22-8-6-21(7-9-22)25-32-33-27(37-25)29(23-4-2-1-3-5-23)30-16-24(31-29)17-36-28-13-18-10-19(14-28)12-20(11-18)15-28/h6-9,16,18-20,23,30-31H,1-5,10-15,17H2,(H,34,35). The number of carbonyl (C=O) groups is 1. The Labute approximate surface area is 217 Å². The molecule has 5 saturated carbocycles. The molecule has 1 aromatic carbocycles. The zero-order chi connectivity index (χ0) is 25.0. The zero-order valence-electron chi connectivity index (χ0n) is 21.2. The maximum atomic E-state index is 11.2. The van der Waals surface area contributed by atoms with E-state index in [0.29, 0.717) is 29.9 Å². The minimum Gasteiger partial charge on any atom is -0.478 e. The second-order valence-corrected chi connectivity index (χ2v) is 12.3. The van der Waals surface area contributed by atoms with Gasteiger partial charge in [0.15, 0.2) is 5.66 Å². The smallest absolute Gasteiger partial charge is 0.335 e. The van der Waals surface area contributed by atoms with Crippen molar-refractivity contribution in [1.82, 2.24) is 20.8 Å². The third-order valence-electron chi connectivity index (χ3n) is 9.71. The second kappa shape index (κ2) is 8.86. The quantitative estimate of drug-likeness (QED) is 0.473. The molecule has 0 spiro atoms. The minimum absolute atomic E-state index is 0.0626. The predicted octanol–water partition coefficient (Wildman–Crippen LogP) is 5.19. The Balaban J connectivity index is 1.10. The van der Waals surface area contributed by atoms with Crippen molar-refractivity contribution in [2.75, 3.05) is 6.61 Å². The van der Waals surface area contributed by atoms with Gasteiger partial charge in [0.05, 0.1) is 23.5 Å². The van der Waals surface area contributed by atoms with Crippen LogP contribution in [-0.4, -0.2) is 33.5 Å². The maximum absolute atomic E-state index is 11.2. The van der Waals surface area contributed by atoms with Gasteiger partial charge in [-0.05, 0) is 93.4 Å². The van der Waals surface area contributed by atoms with E-state index in [1.165, 1.54) is 57.8 Å². The summed E-state index contributed by atoms with van der Waals surface area (Å²) in [5.41, 5.74) is 1.40. The molecule has 37 heavy (non-hydrogen) atoms. The molecule has 0 saturated heterocycles. The van der Waals surface area contributed by atoms with Gasteiger partial charge in [-0.25, -0.2) is 4.79 Å². The van der Waals surface area contributed by atoms with Gasteiger partial charge in [-0.15, -0.1) is 10.2 Å². The Morgan fingerprint density at radius 2 is 1.68 bits per heavy atom. The number of hydrogen-bond acceptors (Lipinski definition) is 7. The molecule has 1 aromatic heterocycles. The molecule has 8 nitrogen and oxygen atoms in total. The molecule has 0 radical (unpaired) electrons. The molecular weight excluding hydrogens is 468 g/mol. The normalized spacial score (nSPS) is 34.7. The summed E-state index contributed by atoms with van der Waals surface area (Å²) < 4.78 is 13.0. The van der Waals surface area contributed by atoms with Crippen LogP contribution in [0.1, 0.15) is 86.9 Å². The number of carboxylic acid groups (broad SMARTS) is 1. The highest BCUT2D eigenvalue weighted by Gasteiger charge is 2.53. The third-order valence-corrected chi connectivity index (χ3v) is 9.71. The zero-order valence-corrected chi connectivity index (χ0v) is 21.2. The largest absolute Gasteiger partial charge is 0.478 e. The van der Waals surface area contributed by atoms with Crippen molar-refractivity contribution >= 4 is 5.97 Å². The third kappa shape index (κ3) is 4.13. The fourth-order valence-corrected chi connectivity index (χ4v) is 8.34. The van der Waals surface area contributed by atoms with Crippen molar-refractivity contribution < 1.29 is 19.1 Å². The van der Waals surface area contributed by atoms with Gasteiger partial charge in [0.1, 0.15) is 0 Å². The molecule has 4 bridgehead atoms. The Morgan fingerprint density at radius 3 is 2.32 bits per heavy atom. The number of carboxylic acids is 1. The van der Waals surface area contributed by atoms with Crippen molar-refractivity contribution in [1.29, 1.82) is 0 Å². The summed E-state index contributed by atoms with van der Waals surface area (Å²) in [6.07, 6.45) is 15.8. The Kier molecular flexibility index (Phi) is 5.57. The van der Waals surface area contributed by atoms with Gasteiger partial charge >= 0.3 is 5.97 Å². The van der Waals surface area contributed by atoms with Crippen LogP contribution in [0.5, 0.6) is 0 Å². The number of nitrogens with one attached hydrogen (secondary N) is 2. The molecular formula is C29H36N4O4. The summed E-state index contributed by atoms with van der Waals surface area (Å²) in [6.45, 7) is 0.575. The first-order valence-corrected chi connectivity index (χ1v) is 14.1. The number of hydrogen-bond donors (Lipinski definition) is 3. The first-order valence-electron chi connectivity index (χ1n) is 14.1. The summed E-state index contributed by atoms with van der Waals surface area (Å²) in [5.74, 6) is 2.86. The fourth-order valence-electron chi connectivity index (χ4n) is 8.34. The van der Waals surface area contributed by atoms with Gasteiger partial charge in [-0.3, -0.25) is 0 Å². The second-order valence-electron chi connectivity index (χ2n) is 12.3. The molecule has 0 amide bonds. The molecule has 1 atom stereocenters. The van der Waals surface area contributed by atoms with Gasteiger partial charge in [-0.2, -0.15) is 0 Å². The van der Waals surface area contributed by atoms with E-state index in [1.54, 1.807) is 24.3 Å². The fraction of sp³-hybridized carbons (Fsp3) is 0.621. The van der Waals surface area contributed by atoms with Crippen LogP contribution >= 0.6 is 0 Å². The van der Waals surface area contributed by atoms with Crippen LogP contribution in [0.25, 0.3) is 11.5 Å². The lowest BCUT2D eigenvalue weighted by Crippen LogP contribution is -2.54. The van der Waals surface area contributed by atoms with E-state index in [9.17, 15) is 9.90 Å². The van der Waals surface area contributed by atoms with Crippen molar-refractivity contribution in [2.45, 2.75) is 81.9 Å². The molecule has 5 fully saturated rings. The Morgan fingerprint density at radius 1 is 1.00 bits per heavy atom. The molecule has 5 aliphatic carbocycles. The van der Waals surface area contributed by atoms with Gasteiger partial charge in [0, 0.05) is 17.7 Å². The van der Waals surface area contributed by atoms with Gasteiger partial charge in [0.2, 0.25) is 5.89 Å². The maximum Gasteiger partial charge on any atom is 0.335 e. The molecule has 8 rings (SSSR count). The summed E-state index contributed by atoms with van der Waals surface area (Å²) >= 11 is 0. The summed E-state index contributed by atoms with van der Waals surface area (Å²) in [4.78, 5) is 11.2. The predicted molar refractivity (Wildman–Crippen MR) is 136 cm³/mol. The monoisotopic (exact) mass is 504 g/mol. The molecule has 2 aromatic rings. The first kappa shape index (κ1) is 23.3. The first-order chi connectivity index (χ1) is 18.0. The number of nitrogens with zero attached hydrogens (tertiary/aromatic N) is 2. The average molecular weight is 505 g/mol. The van der Waals surface area contributed by atoms with Gasteiger partial charge in [0.25, 0.3) is 5.89 Å². The molecule has 1 unspecified atom stereocenters. The van der Waals surface area contributed by atoms with E-state index in [0.717, 1.165) is 36.3 Å². The SMILES string of the molecule is O=C(O)c1ccc(-c2nnc(C3(C4CCCCC4)NC=C(COC45CC6CC(CC(C6)C4)C5)N3)o2)cc1. The topological polar surface area (TPSA) is 110 Å². The molecule has 196 valence electrons. The van der Waals surface area contributed by atoms with Crippen LogP contribution in [0.3, 0.4) is 0 Å². The summed E-state index contributed by atoms with van der Waals surface area (Å²) in [5, 5.41) is 25.4. The van der Waals surface area contributed by atoms with Crippen LogP contribution in [0.15, 0.2) is 40.6 Å². The van der Waals surface area contributed by atoms with Crippen molar-refractivity contribution in [3.63, 3.8) is 0 Å². The van der Waals surface area contributed by atoms with Crippen LogP contribution < -0.4 is 10.6 Å². The number of benzene rings is 1. The Bertz CT molecular complexity index is 1160. The molecule has 8 heteroatoms. The van der Waals surface area contributed by atoms with E-state index < -0.39 is 11.6 Å². The lowest BCUT2D eigenvalue weighted by Gasteiger charge is -2.56. The van der Waals surface area contributed by atoms with E-state index in [1.807, 2.05) is 0 Å². The summed E-state index contributed by atoms with van der Waals surface area (Å²) in [7, 11) is 0. The molecule has 2 heterocycles. The molecule has 6 aliphatic rings. The highest BCUT2D eigenvalue weighted by atomic mass is 16.5. The number of aromatic nitrogens is 2. The molecule has 3 N–H and O–H groups in total. The van der Waals surface area contributed by atoms with Gasteiger partial charge < -0.3 is 24.9 Å². The van der Waals surface area contributed by atoms with Crippen LogP contribution in [0, 0.1) is 23.7 Å². The van der Waals surface area contributed by atoms with Crippen molar-refractivity contribution in [3.05, 3.63) is 47.6 Å². The van der Waals surface area contributed by atoms with Crippen molar-refractivity contribution in [3.8, 4) is 11.5 Å². The average Bonchev–Trinajstić information content (AvgIpc) is 3.56. The van der Waals surface area contributed by atoms with E-state index in [-0.39, 0.29) is 11.2 Å². The van der Waals surface area contributed by atoms with E-state index >= 15 is 0 Å². The van der Waals surface area contributed by atoms with Crippen LogP contribution in [0.4, 0.5) is 0 Å². The lowest BCUT2D eigenvalue weighted by atomic mass is 9.54. The molecule has 1 aliphatic heterocycles.